The van der Waals surface area contributed by atoms with Gasteiger partial charge < -0.3 is 15.0 Å². The maximum atomic E-state index is 5.38. The number of ether oxygens (including phenoxy) is 1. The maximum Gasteiger partial charge on any atom is 0.289 e. The van der Waals surface area contributed by atoms with Crippen LogP contribution in [0.15, 0.2) is 71.7 Å². The van der Waals surface area contributed by atoms with Crippen LogP contribution in [0.2, 0.25) is 0 Å². The first-order chi connectivity index (χ1) is 12.3. The molecule has 0 unspecified atom stereocenters. The van der Waals surface area contributed by atoms with Crippen molar-refractivity contribution >= 4 is 28.2 Å². The van der Waals surface area contributed by atoms with Crippen LogP contribution in [0, 0.1) is 0 Å². The summed E-state index contributed by atoms with van der Waals surface area (Å²) in [5.41, 5.74) is 3.47. The van der Waals surface area contributed by atoms with Crippen molar-refractivity contribution in [2.45, 2.75) is 6.54 Å². The summed E-state index contributed by atoms with van der Waals surface area (Å²) in [5.74, 6) is 0. The van der Waals surface area contributed by atoms with Gasteiger partial charge in [-0.05, 0) is 40.6 Å². The van der Waals surface area contributed by atoms with Crippen LogP contribution in [-0.2, 0) is 11.3 Å². The van der Waals surface area contributed by atoms with Crippen molar-refractivity contribution in [3.8, 4) is 0 Å². The van der Waals surface area contributed by atoms with E-state index < -0.39 is 0 Å². The lowest BCUT2D eigenvalue weighted by atomic mass is 10.1. The number of anilines is 2. The highest BCUT2D eigenvalue weighted by Crippen LogP contribution is 2.23. The molecule has 126 valence electrons. The Morgan fingerprint density at radius 1 is 1.00 bits per heavy atom. The molecule has 0 aromatic heterocycles. The number of nitrogens with one attached hydrogen (secondary N) is 1. The molecule has 1 aliphatic heterocycles. The van der Waals surface area contributed by atoms with Crippen LogP contribution in [0.1, 0.15) is 5.56 Å². The predicted octanol–water partition coefficient (Wildman–Crippen LogP) is 4.27. The first kappa shape index (κ1) is 15.5. The molecule has 4 rings (SSSR count). The summed E-state index contributed by atoms with van der Waals surface area (Å²) in [6, 6.07) is 24.0. The fourth-order valence-electron chi connectivity index (χ4n) is 3.01. The first-order valence-electron chi connectivity index (χ1n) is 8.51. The van der Waals surface area contributed by atoms with E-state index in [1.54, 1.807) is 0 Å². The highest BCUT2D eigenvalue weighted by molar-refractivity contribution is 5.89. The van der Waals surface area contributed by atoms with Gasteiger partial charge in [0, 0.05) is 25.0 Å². The van der Waals surface area contributed by atoms with Gasteiger partial charge in [-0.2, -0.15) is 0 Å². The highest BCUT2D eigenvalue weighted by Gasteiger charge is 2.08. The van der Waals surface area contributed by atoms with E-state index in [-0.39, 0.29) is 0 Å². The zero-order chi connectivity index (χ0) is 17.1. The third kappa shape index (κ3) is 3.58. The maximum absolute atomic E-state index is 5.38. The van der Waals surface area contributed by atoms with Crippen molar-refractivity contribution in [3.05, 3.63) is 72.3 Å². The van der Waals surface area contributed by atoms with Gasteiger partial charge in [0.1, 0.15) is 6.61 Å². The fourth-order valence-corrected chi connectivity index (χ4v) is 3.01. The Morgan fingerprint density at radius 2 is 1.80 bits per heavy atom. The van der Waals surface area contributed by atoms with E-state index in [9.17, 15) is 0 Å². The molecule has 4 nitrogen and oxygen atoms in total. The second-order valence-electron chi connectivity index (χ2n) is 6.24. The van der Waals surface area contributed by atoms with Crippen molar-refractivity contribution < 1.29 is 4.74 Å². The van der Waals surface area contributed by atoms with E-state index in [4.69, 9.17) is 4.74 Å². The first-order valence-corrected chi connectivity index (χ1v) is 8.51. The van der Waals surface area contributed by atoms with Crippen molar-refractivity contribution in [3.63, 3.8) is 0 Å². The number of hydrogen-bond acceptors (Lipinski definition) is 4. The molecule has 0 spiro atoms. The molecule has 0 saturated heterocycles. The van der Waals surface area contributed by atoms with Crippen LogP contribution in [-0.4, -0.2) is 26.2 Å². The molecule has 0 saturated carbocycles. The van der Waals surface area contributed by atoms with Crippen LogP contribution < -0.4 is 10.2 Å². The number of hydrogen-bond donors (Lipinski definition) is 1. The summed E-state index contributed by atoms with van der Waals surface area (Å²) in [4.78, 5) is 6.50. The summed E-state index contributed by atoms with van der Waals surface area (Å²) in [7, 11) is 2.12. The van der Waals surface area contributed by atoms with E-state index >= 15 is 0 Å². The van der Waals surface area contributed by atoms with Gasteiger partial charge in [0.25, 0.3) is 6.02 Å². The minimum Gasteiger partial charge on any atom is -0.463 e. The Kier molecular flexibility index (Phi) is 4.25. The normalized spacial score (nSPS) is 13.4. The number of aliphatic imine (C=N–C) groups is 1. The Hall–Kier alpha value is -3.01. The average molecular weight is 331 g/mol. The van der Waals surface area contributed by atoms with Crippen molar-refractivity contribution in [1.29, 1.82) is 0 Å². The quantitative estimate of drug-likeness (QED) is 0.775. The zero-order valence-corrected chi connectivity index (χ0v) is 14.3. The van der Waals surface area contributed by atoms with E-state index in [1.807, 2.05) is 0 Å². The Labute approximate surface area is 147 Å². The third-order valence-corrected chi connectivity index (χ3v) is 4.38. The summed E-state index contributed by atoms with van der Waals surface area (Å²) < 4.78 is 5.38. The molecular weight excluding hydrogens is 310 g/mol. The molecule has 4 heteroatoms. The lowest BCUT2D eigenvalue weighted by molar-refractivity contribution is 0.346. The second-order valence-corrected chi connectivity index (χ2v) is 6.24. The fraction of sp³-hybridized carbons (Fsp3) is 0.190. The second kappa shape index (κ2) is 6.85. The smallest absolute Gasteiger partial charge is 0.289 e. The van der Waals surface area contributed by atoms with Crippen molar-refractivity contribution in [2.24, 2.45) is 4.99 Å². The van der Waals surface area contributed by atoms with Gasteiger partial charge in [-0.15, -0.1) is 0 Å². The summed E-state index contributed by atoms with van der Waals surface area (Å²) in [6.07, 6.45) is 0. The lowest BCUT2D eigenvalue weighted by Gasteiger charge is -2.20. The molecule has 0 aliphatic carbocycles. The third-order valence-electron chi connectivity index (χ3n) is 4.38. The Balaban J connectivity index is 1.44. The van der Waals surface area contributed by atoms with Crippen LogP contribution >= 0.6 is 0 Å². The van der Waals surface area contributed by atoms with Gasteiger partial charge in [0.2, 0.25) is 0 Å². The van der Waals surface area contributed by atoms with Crippen LogP contribution in [0.5, 0.6) is 0 Å². The molecule has 0 radical (unpaired) electrons. The molecule has 1 aliphatic rings. The van der Waals surface area contributed by atoms with Gasteiger partial charge >= 0.3 is 0 Å². The number of amidine groups is 1. The SMILES string of the molecule is CN(Cc1ccc(NC2=NCCO2)cc1)c1ccc2ccccc2c1. The minimum atomic E-state index is 0.612. The number of benzene rings is 3. The molecule has 3 aromatic rings. The molecule has 0 bridgehead atoms. The topological polar surface area (TPSA) is 36.9 Å². The number of fused-ring (bicyclic) bond motifs is 1. The van der Waals surface area contributed by atoms with Gasteiger partial charge in [0.05, 0.1) is 6.54 Å². The van der Waals surface area contributed by atoms with E-state index in [2.05, 4.69) is 89.0 Å². The zero-order valence-electron chi connectivity index (χ0n) is 14.3. The van der Waals surface area contributed by atoms with Crippen LogP contribution in [0.25, 0.3) is 10.8 Å². The van der Waals surface area contributed by atoms with Crippen LogP contribution in [0.4, 0.5) is 11.4 Å². The molecule has 0 amide bonds. The van der Waals surface area contributed by atoms with Gasteiger partial charge in [-0.3, -0.25) is 0 Å². The highest BCUT2D eigenvalue weighted by atomic mass is 16.5. The van der Waals surface area contributed by atoms with Gasteiger partial charge in [-0.25, -0.2) is 4.99 Å². The van der Waals surface area contributed by atoms with E-state index in [0.29, 0.717) is 12.6 Å². The molecule has 3 aromatic carbocycles. The van der Waals surface area contributed by atoms with E-state index in [0.717, 1.165) is 18.8 Å². The average Bonchev–Trinajstić information content (AvgIpc) is 3.16. The number of rotatable bonds is 4. The number of nitrogens with zero attached hydrogens (tertiary/aromatic N) is 2. The summed E-state index contributed by atoms with van der Waals surface area (Å²) in [5, 5.41) is 5.73. The van der Waals surface area contributed by atoms with Crippen molar-refractivity contribution in [2.75, 3.05) is 30.4 Å². The molecule has 1 heterocycles. The minimum absolute atomic E-state index is 0.612. The molecular formula is C21H21N3O. The van der Waals surface area contributed by atoms with Crippen molar-refractivity contribution in [1.82, 2.24) is 0 Å². The largest absolute Gasteiger partial charge is 0.463 e. The summed E-state index contributed by atoms with van der Waals surface area (Å²) in [6.45, 7) is 2.25. The summed E-state index contributed by atoms with van der Waals surface area (Å²) >= 11 is 0. The molecule has 0 fully saturated rings. The van der Waals surface area contributed by atoms with Gasteiger partial charge in [0.15, 0.2) is 0 Å². The molecule has 1 N–H and O–H groups in total. The Morgan fingerprint density at radius 3 is 2.56 bits per heavy atom. The van der Waals surface area contributed by atoms with Gasteiger partial charge in [-0.1, -0.05) is 42.5 Å². The lowest BCUT2D eigenvalue weighted by Crippen LogP contribution is -2.16. The Bertz CT molecular complexity index is 902. The van der Waals surface area contributed by atoms with E-state index in [1.165, 1.54) is 22.0 Å². The molecule has 0 atom stereocenters. The predicted molar refractivity (Wildman–Crippen MR) is 104 cm³/mol. The standard InChI is InChI=1S/C21H21N3O/c1-24(20-11-8-17-4-2-3-5-18(17)14-20)15-16-6-9-19(10-7-16)23-21-22-12-13-25-21/h2-11,14H,12-13,15H2,1H3,(H,22,23). The monoisotopic (exact) mass is 331 g/mol. The molecule has 25 heavy (non-hydrogen) atoms. The van der Waals surface area contributed by atoms with Crippen LogP contribution in [0.3, 0.4) is 0 Å².